The SMILES string of the molecule is CCCCCCCCCCC(c1ccccc1-c1ccc(C(=O)O)cc1)n1cc(COC(COC(COCC(O)CO)COCC(O)CO)COC(COCC(O)CO)COCC(O)CO)nn1. The number of rotatable bonds is 42. The summed E-state index contributed by atoms with van der Waals surface area (Å²) in [5, 5.41) is 94.9. The van der Waals surface area contributed by atoms with Crippen molar-refractivity contribution in [3.63, 3.8) is 0 Å². The van der Waals surface area contributed by atoms with Gasteiger partial charge < -0.3 is 79.1 Å². The molecule has 0 radical (unpaired) electrons. The van der Waals surface area contributed by atoms with Crippen molar-refractivity contribution in [2.75, 3.05) is 92.5 Å². The summed E-state index contributed by atoms with van der Waals surface area (Å²) in [4.78, 5) is 11.6. The van der Waals surface area contributed by atoms with Gasteiger partial charge in [-0.25, -0.2) is 9.48 Å². The van der Waals surface area contributed by atoms with Crippen LogP contribution in [0.1, 0.15) is 92.4 Å². The minimum atomic E-state index is -1.12. The van der Waals surface area contributed by atoms with Gasteiger partial charge in [0.2, 0.25) is 0 Å². The van der Waals surface area contributed by atoms with Crippen LogP contribution in [0.4, 0.5) is 0 Å². The van der Waals surface area contributed by atoms with Crippen LogP contribution >= 0.6 is 0 Å². The molecule has 1 aromatic heterocycles. The first kappa shape index (κ1) is 58.8. The molecule has 2 aromatic carbocycles. The molecule has 0 bridgehead atoms. The van der Waals surface area contributed by atoms with Gasteiger partial charge >= 0.3 is 5.97 Å². The average molecular weight is 968 g/mol. The van der Waals surface area contributed by atoms with E-state index in [1.54, 1.807) is 24.3 Å². The van der Waals surface area contributed by atoms with Crippen LogP contribution in [0, 0.1) is 0 Å². The van der Waals surface area contributed by atoms with Gasteiger partial charge in [0.15, 0.2) is 0 Å². The van der Waals surface area contributed by atoms with Crippen molar-refractivity contribution < 1.29 is 83.9 Å². The van der Waals surface area contributed by atoms with E-state index in [9.17, 15) is 50.8 Å². The van der Waals surface area contributed by atoms with E-state index in [1.807, 2.05) is 29.1 Å². The number of unbranched alkanes of at least 4 members (excludes halogenated alkanes) is 7. The molecule has 0 saturated carbocycles. The highest BCUT2D eigenvalue weighted by Gasteiger charge is 2.24. The van der Waals surface area contributed by atoms with Gasteiger partial charge in [0, 0.05) is 0 Å². The van der Waals surface area contributed by atoms with Crippen molar-refractivity contribution in [2.45, 2.75) is 120 Å². The zero-order valence-electron chi connectivity index (χ0n) is 39.4. The molecule has 3 rings (SSSR count). The van der Waals surface area contributed by atoms with Gasteiger partial charge in [-0.2, -0.15) is 0 Å². The van der Waals surface area contributed by atoms with E-state index in [-0.39, 0.29) is 84.3 Å². The van der Waals surface area contributed by atoms with Crippen LogP contribution in [0.3, 0.4) is 0 Å². The highest BCUT2D eigenvalue weighted by molar-refractivity contribution is 5.88. The maximum atomic E-state index is 11.6. The number of ether oxygens (including phenoxy) is 7. The lowest BCUT2D eigenvalue weighted by Crippen LogP contribution is -2.37. The molecule has 0 fully saturated rings. The largest absolute Gasteiger partial charge is 0.478 e. The van der Waals surface area contributed by atoms with Crippen molar-refractivity contribution in [3.05, 3.63) is 71.5 Å². The Morgan fingerprint density at radius 3 is 1.50 bits per heavy atom. The van der Waals surface area contributed by atoms with Crippen molar-refractivity contribution in [1.29, 1.82) is 0 Å². The summed E-state index contributed by atoms with van der Waals surface area (Å²) in [6, 6.07) is 14.5. The molecule has 0 saturated heterocycles. The Hall–Kier alpha value is -3.55. The number of aliphatic hydroxyl groups excluding tert-OH is 8. The molecule has 0 aliphatic rings. The number of hydrogen-bond donors (Lipinski definition) is 9. The lowest BCUT2D eigenvalue weighted by atomic mass is 9.91. The number of hydrogen-bond acceptors (Lipinski definition) is 18. The molecule has 5 atom stereocenters. The molecule has 1 heterocycles. The number of aliphatic hydroxyl groups is 8. The molecule has 0 spiro atoms. The summed E-state index contributed by atoms with van der Waals surface area (Å²) in [5.41, 5.74) is 3.49. The van der Waals surface area contributed by atoms with E-state index in [1.165, 1.54) is 32.1 Å². The predicted octanol–water partition coefficient (Wildman–Crippen LogP) is 1.90. The van der Waals surface area contributed by atoms with Crippen molar-refractivity contribution in [3.8, 4) is 11.1 Å². The second-order valence-corrected chi connectivity index (χ2v) is 16.8. The highest BCUT2D eigenvalue weighted by Crippen LogP contribution is 2.34. The first-order chi connectivity index (χ1) is 33.0. The van der Waals surface area contributed by atoms with Crippen molar-refractivity contribution in [1.82, 2.24) is 15.0 Å². The van der Waals surface area contributed by atoms with Gasteiger partial charge in [0.05, 0.1) is 117 Å². The lowest BCUT2D eigenvalue weighted by Gasteiger charge is -2.25. The van der Waals surface area contributed by atoms with Gasteiger partial charge in [-0.1, -0.05) is 99.9 Å². The van der Waals surface area contributed by atoms with Crippen LogP contribution in [0.15, 0.2) is 54.7 Å². The molecule has 386 valence electrons. The third-order valence-electron chi connectivity index (χ3n) is 10.8. The Morgan fingerprint density at radius 2 is 1.03 bits per heavy atom. The zero-order valence-corrected chi connectivity index (χ0v) is 39.4. The lowest BCUT2D eigenvalue weighted by molar-refractivity contribution is -0.141. The van der Waals surface area contributed by atoms with Crippen LogP contribution in [0.2, 0.25) is 0 Å². The predicted molar refractivity (Wildman–Crippen MR) is 248 cm³/mol. The van der Waals surface area contributed by atoms with E-state index in [0.29, 0.717) is 5.69 Å². The third-order valence-corrected chi connectivity index (χ3v) is 10.8. The molecule has 68 heavy (non-hydrogen) atoms. The Kier molecular flexibility index (Phi) is 30.7. The fourth-order valence-corrected chi connectivity index (χ4v) is 6.95. The minimum Gasteiger partial charge on any atom is -0.478 e. The normalized spacial score (nSPS) is 15.4. The van der Waals surface area contributed by atoms with Gasteiger partial charge in [-0.05, 0) is 35.2 Å². The van der Waals surface area contributed by atoms with Gasteiger partial charge in [-0.15, -0.1) is 5.10 Å². The van der Waals surface area contributed by atoms with Crippen LogP contribution in [0.5, 0.6) is 0 Å². The quantitative estimate of drug-likeness (QED) is 0.0366. The van der Waals surface area contributed by atoms with E-state index in [2.05, 4.69) is 23.3 Å². The number of benzene rings is 2. The molecule has 20 nitrogen and oxygen atoms in total. The molecular weight excluding hydrogens is 891 g/mol. The number of carboxylic acid groups (broad SMARTS) is 1. The molecule has 0 amide bonds. The Bertz CT molecular complexity index is 1650. The van der Waals surface area contributed by atoms with Gasteiger partial charge in [0.25, 0.3) is 0 Å². The minimum absolute atomic E-state index is 0.0354. The second-order valence-electron chi connectivity index (χ2n) is 16.8. The summed E-state index contributed by atoms with van der Waals surface area (Å²) >= 11 is 0. The third kappa shape index (κ3) is 23.8. The zero-order chi connectivity index (χ0) is 49.4. The first-order valence-electron chi connectivity index (χ1n) is 23.7. The van der Waals surface area contributed by atoms with E-state index in [4.69, 9.17) is 33.2 Å². The van der Waals surface area contributed by atoms with Crippen molar-refractivity contribution in [2.24, 2.45) is 0 Å². The van der Waals surface area contributed by atoms with Crippen molar-refractivity contribution >= 4 is 5.97 Å². The van der Waals surface area contributed by atoms with Gasteiger partial charge in [-0.3, -0.25) is 0 Å². The van der Waals surface area contributed by atoms with E-state index < -0.39 is 75.1 Å². The van der Waals surface area contributed by atoms with E-state index in [0.717, 1.165) is 42.4 Å². The maximum absolute atomic E-state index is 11.6. The number of carboxylic acids is 1. The van der Waals surface area contributed by atoms with Crippen LogP contribution in [0.25, 0.3) is 11.1 Å². The Morgan fingerprint density at radius 1 is 0.574 bits per heavy atom. The van der Waals surface area contributed by atoms with Gasteiger partial charge in [0.1, 0.15) is 48.4 Å². The first-order valence-corrected chi connectivity index (χ1v) is 23.7. The average Bonchev–Trinajstić information content (AvgIpc) is 3.83. The molecule has 0 aliphatic heterocycles. The summed E-state index contributed by atoms with van der Waals surface area (Å²) in [6.45, 7) is -1.14. The van der Waals surface area contributed by atoms with Crippen LogP contribution in [-0.4, -0.2) is 202 Å². The topological polar surface area (TPSA) is 294 Å². The Labute approximate surface area is 399 Å². The number of aromatic nitrogens is 3. The number of carbonyl (C=O) groups is 1. The van der Waals surface area contributed by atoms with E-state index >= 15 is 0 Å². The molecular formula is C48H77N3O17. The summed E-state index contributed by atoms with van der Waals surface area (Å²) in [6.07, 6.45) is 4.95. The smallest absolute Gasteiger partial charge is 0.335 e. The fourth-order valence-electron chi connectivity index (χ4n) is 6.95. The summed E-state index contributed by atoms with van der Waals surface area (Å²) in [5.74, 6) is -1.00. The molecule has 0 aliphatic carbocycles. The number of nitrogens with zero attached hydrogens (tertiary/aromatic N) is 3. The molecule has 20 heteroatoms. The molecule has 3 aromatic rings. The van der Waals surface area contributed by atoms with Crippen LogP contribution in [-0.2, 0) is 39.8 Å². The Balaban J connectivity index is 1.87. The highest BCUT2D eigenvalue weighted by atomic mass is 16.6. The fraction of sp³-hybridized carbons (Fsp3) is 0.688. The van der Waals surface area contributed by atoms with Crippen LogP contribution < -0.4 is 0 Å². The summed E-state index contributed by atoms with van der Waals surface area (Å²) in [7, 11) is 0. The number of aromatic carboxylic acids is 1. The second kappa shape index (κ2) is 35.5. The standard InChI is InChI=1S/C48H77N3O17/c1-2-3-4-5-6-7-8-9-14-47(46-13-11-10-12-45(46)35-15-17-36(18-16-35)48(60)61)51-19-37(49-50-51)24-66-44(33-67-42(29-62-25-38(56)20-52)30-63-26-39(57)21-53)34-68-43(31-64-27-40(58)22-54)32-65-28-41(59)23-55/h10-13,15-19,38-44,47,52-59H,2-9,14,20-34H2,1H3,(H,60,61). The monoisotopic (exact) mass is 968 g/mol. The maximum Gasteiger partial charge on any atom is 0.335 e. The molecule has 9 N–H and O–H groups in total. The molecule has 5 unspecified atom stereocenters. The summed E-state index contributed by atoms with van der Waals surface area (Å²) < 4.78 is 42.8.